The number of nitrogens with one attached hydrogen (secondary N) is 1. The van der Waals surface area contributed by atoms with Crippen LogP contribution in [-0.2, 0) is 6.42 Å². The van der Waals surface area contributed by atoms with E-state index in [2.05, 4.69) is 62.5 Å². The number of aryl methyl sites for hydroxylation is 3. The van der Waals surface area contributed by atoms with Crippen molar-refractivity contribution in [3.05, 3.63) is 58.7 Å². The molecule has 0 spiro atoms. The molecule has 0 radical (unpaired) electrons. The second-order valence-corrected chi connectivity index (χ2v) is 5.94. The molecule has 0 aliphatic heterocycles. The molecule has 2 aromatic carbocycles. The van der Waals surface area contributed by atoms with Crippen LogP contribution in [0, 0.1) is 13.8 Å². The van der Waals surface area contributed by atoms with Crippen molar-refractivity contribution in [3.8, 4) is 11.1 Å². The number of benzene rings is 2. The molecule has 0 saturated carbocycles. The second-order valence-electron chi connectivity index (χ2n) is 5.94. The van der Waals surface area contributed by atoms with Gasteiger partial charge in [0, 0.05) is 6.04 Å². The van der Waals surface area contributed by atoms with Crippen LogP contribution in [0.15, 0.2) is 36.4 Å². The first kappa shape index (κ1) is 13.4. The summed E-state index contributed by atoms with van der Waals surface area (Å²) in [6, 6.07) is 14.4. The molecule has 0 heterocycles. The molecule has 2 aromatic rings. The van der Waals surface area contributed by atoms with Crippen molar-refractivity contribution in [2.24, 2.45) is 0 Å². The summed E-state index contributed by atoms with van der Waals surface area (Å²) in [7, 11) is 0. The maximum Gasteiger partial charge on any atom is 0.0326 e. The van der Waals surface area contributed by atoms with Crippen LogP contribution >= 0.6 is 0 Å². The van der Waals surface area contributed by atoms with E-state index in [-0.39, 0.29) is 0 Å². The number of fused-ring (bicyclic) bond motifs is 1. The standard InChI is InChI=1S/C19H23N/c1-4-20-19-8-6-16-12-15(5-7-18(16)19)17-10-13(2)9-14(3)11-17/h5,7,9-12,19-20H,4,6,8H2,1-3H3. The molecule has 0 bridgehead atoms. The maximum atomic E-state index is 3.58. The van der Waals surface area contributed by atoms with Crippen molar-refractivity contribution in [3.63, 3.8) is 0 Å². The van der Waals surface area contributed by atoms with Gasteiger partial charge in [-0.25, -0.2) is 0 Å². The highest BCUT2D eigenvalue weighted by atomic mass is 14.9. The van der Waals surface area contributed by atoms with Gasteiger partial charge >= 0.3 is 0 Å². The Labute approximate surface area is 122 Å². The van der Waals surface area contributed by atoms with Gasteiger partial charge in [0.1, 0.15) is 0 Å². The molecule has 20 heavy (non-hydrogen) atoms. The van der Waals surface area contributed by atoms with Gasteiger partial charge in [-0.15, -0.1) is 0 Å². The largest absolute Gasteiger partial charge is 0.310 e. The van der Waals surface area contributed by atoms with Gasteiger partial charge in [0.05, 0.1) is 0 Å². The molecule has 1 atom stereocenters. The smallest absolute Gasteiger partial charge is 0.0326 e. The van der Waals surface area contributed by atoms with Gasteiger partial charge < -0.3 is 5.32 Å². The molecule has 0 aromatic heterocycles. The minimum atomic E-state index is 0.559. The average Bonchev–Trinajstić information content (AvgIpc) is 2.81. The molecule has 3 rings (SSSR count). The van der Waals surface area contributed by atoms with Crippen molar-refractivity contribution in [2.75, 3.05) is 6.54 Å². The molecule has 0 saturated heterocycles. The molecule has 1 aliphatic carbocycles. The van der Waals surface area contributed by atoms with Crippen LogP contribution in [0.1, 0.15) is 41.6 Å². The lowest BCUT2D eigenvalue weighted by Crippen LogP contribution is -2.18. The van der Waals surface area contributed by atoms with Crippen LogP contribution < -0.4 is 5.32 Å². The first-order valence-corrected chi connectivity index (χ1v) is 7.62. The lowest BCUT2D eigenvalue weighted by molar-refractivity contribution is 0.549. The zero-order chi connectivity index (χ0) is 14.1. The van der Waals surface area contributed by atoms with Gasteiger partial charge in [-0.2, -0.15) is 0 Å². The lowest BCUT2D eigenvalue weighted by Gasteiger charge is -2.13. The van der Waals surface area contributed by atoms with Crippen LogP contribution in [0.25, 0.3) is 11.1 Å². The first-order valence-electron chi connectivity index (χ1n) is 7.62. The Balaban J connectivity index is 1.97. The Bertz CT molecular complexity index is 607. The highest BCUT2D eigenvalue weighted by Gasteiger charge is 2.21. The topological polar surface area (TPSA) is 12.0 Å². The van der Waals surface area contributed by atoms with Gasteiger partial charge in [0.15, 0.2) is 0 Å². The molecule has 0 fully saturated rings. The fourth-order valence-corrected chi connectivity index (χ4v) is 3.40. The van der Waals surface area contributed by atoms with Crippen LogP contribution in [0.4, 0.5) is 0 Å². The van der Waals surface area contributed by atoms with Crippen LogP contribution in [0.3, 0.4) is 0 Å². The molecular formula is C19H23N. The first-order chi connectivity index (χ1) is 9.67. The van der Waals surface area contributed by atoms with Crippen molar-refractivity contribution in [2.45, 2.75) is 39.7 Å². The van der Waals surface area contributed by atoms with E-state index in [0.29, 0.717) is 6.04 Å². The predicted molar refractivity (Wildman–Crippen MR) is 86.1 cm³/mol. The summed E-state index contributed by atoms with van der Waals surface area (Å²) < 4.78 is 0. The van der Waals surface area contributed by atoms with E-state index in [4.69, 9.17) is 0 Å². The molecule has 1 heteroatoms. The van der Waals surface area contributed by atoms with Gasteiger partial charge in [0.25, 0.3) is 0 Å². The van der Waals surface area contributed by atoms with Crippen molar-refractivity contribution in [1.82, 2.24) is 5.32 Å². The van der Waals surface area contributed by atoms with Crippen LogP contribution in [0.2, 0.25) is 0 Å². The predicted octanol–water partition coefficient (Wildman–Crippen LogP) is 4.57. The number of hydrogen-bond donors (Lipinski definition) is 1. The lowest BCUT2D eigenvalue weighted by atomic mass is 9.97. The molecule has 104 valence electrons. The number of hydrogen-bond acceptors (Lipinski definition) is 1. The Morgan fingerprint density at radius 1 is 1.00 bits per heavy atom. The van der Waals surface area contributed by atoms with Crippen molar-refractivity contribution < 1.29 is 0 Å². The Morgan fingerprint density at radius 3 is 2.45 bits per heavy atom. The van der Waals surface area contributed by atoms with Crippen LogP contribution in [-0.4, -0.2) is 6.54 Å². The highest BCUT2D eigenvalue weighted by molar-refractivity contribution is 5.67. The van der Waals surface area contributed by atoms with Crippen molar-refractivity contribution >= 4 is 0 Å². The third-order valence-corrected chi connectivity index (χ3v) is 4.23. The minimum Gasteiger partial charge on any atom is -0.310 e. The SMILES string of the molecule is CCNC1CCc2cc(-c3cc(C)cc(C)c3)ccc21. The summed E-state index contributed by atoms with van der Waals surface area (Å²) in [5, 5.41) is 3.58. The quantitative estimate of drug-likeness (QED) is 0.857. The third kappa shape index (κ3) is 2.51. The Kier molecular flexibility index (Phi) is 3.62. The van der Waals surface area contributed by atoms with Crippen molar-refractivity contribution in [1.29, 1.82) is 0 Å². The van der Waals surface area contributed by atoms with E-state index in [0.717, 1.165) is 6.54 Å². The Hall–Kier alpha value is -1.60. The van der Waals surface area contributed by atoms with Gasteiger partial charge in [0.2, 0.25) is 0 Å². The average molecular weight is 265 g/mol. The Morgan fingerprint density at radius 2 is 1.75 bits per heavy atom. The van der Waals surface area contributed by atoms with E-state index in [9.17, 15) is 0 Å². The van der Waals surface area contributed by atoms with Crippen LogP contribution in [0.5, 0.6) is 0 Å². The molecule has 1 N–H and O–H groups in total. The molecule has 1 nitrogen and oxygen atoms in total. The summed E-state index contributed by atoms with van der Waals surface area (Å²) in [5.41, 5.74) is 8.40. The monoisotopic (exact) mass is 265 g/mol. The fourth-order valence-electron chi connectivity index (χ4n) is 3.40. The normalized spacial score (nSPS) is 17.2. The molecule has 1 unspecified atom stereocenters. The van der Waals surface area contributed by atoms with E-state index in [1.54, 1.807) is 0 Å². The van der Waals surface area contributed by atoms with Gasteiger partial charge in [-0.3, -0.25) is 0 Å². The molecule has 0 amide bonds. The summed E-state index contributed by atoms with van der Waals surface area (Å²) in [5.74, 6) is 0. The van der Waals surface area contributed by atoms with E-state index < -0.39 is 0 Å². The van der Waals surface area contributed by atoms with E-state index >= 15 is 0 Å². The summed E-state index contributed by atoms with van der Waals surface area (Å²) in [6.07, 6.45) is 2.44. The zero-order valence-electron chi connectivity index (χ0n) is 12.7. The maximum absolute atomic E-state index is 3.58. The molecule has 1 aliphatic rings. The minimum absolute atomic E-state index is 0.559. The third-order valence-electron chi connectivity index (χ3n) is 4.23. The number of rotatable bonds is 3. The summed E-state index contributed by atoms with van der Waals surface area (Å²) in [6.45, 7) is 7.57. The van der Waals surface area contributed by atoms with Gasteiger partial charge in [-0.05, 0) is 55.5 Å². The van der Waals surface area contributed by atoms with E-state index in [1.807, 2.05) is 0 Å². The highest BCUT2D eigenvalue weighted by Crippen LogP contribution is 2.34. The summed E-state index contributed by atoms with van der Waals surface area (Å²) in [4.78, 5) is 0. The second kappa shape index (κ2) is 5.41. The summed E-state index contributed by atoms with van der Waals surface area (Å²) >= 11 is 0. The van der Waals surface area contributed by atoms with Gasteiger partial charge in [-0.1, -0.05) is 54.4 Å². The van der Waals surface area contributed by atoms with E-state index in [1.165, 1.54) is 46.2 Å². The fraction of sp³-hybridized carbons (Fsp3) is 0.368. The molecular weight excluding hydrogens is 242 g/mol. The zero-order valence-corrected chi connectivity index (χ0v) is 12.7.